The van der Waals surface area contributed by atoms with E-state index in [4.69, 9.17) is 5.73 Å². The molecule has 3 aromatic rings. The van der Waals surface area contributed by atoms with E-state index in [1.165, 1.54) is 25.0 Å². The highest BCUT2D eigenvalue weighted by atomic mass is 32.1. The first-order valence-electron chi connectivity index (χ1n) is 11.8. The molecule has 0 aliphatic carbocycles. The number of imidazole rings is 2. The standard InChI is InChI=1S/C24H30N8O5S/c25-17(6-14-4-2-1-3-5-14)21(33)32-20(11-38)23(35)30-18(7-15-9-26-12-28-15)22(34)31-19(24(36)37)8-16-10-27-13-29-16/h1-5,9-10,12-13,17-20,38H,6-8,11,25H2,(H,26,28)(H,27,29)(H,30,35)(H,31,34)(H,32,33)(H,36,37). The van der Waals surface area contributed by atoms with Crippen LogP contribution >= 0.6 is 12.6 Å². The lowest BCUT2D eigenvalue weighted by Crippen LogP contribution is -2.58. The van der Waals surface area contributed by atoms with Crippen molar-refractivity contribution in [3.63, 3.8) is 0 Å². The van der Waals surface area contributed by atoms with Gasteiger partial charge in [-0.2, -0.15) is 12.6 Å². The smallest absolute Gasteiger partial charge is 0.326 e. The highest BCUT2D eigenvalue weighted by Gasteiger charge is 2.30. The fraction of sp³-hybridized carbons (Fsp3) is 0.333. The zero-order chi connectivity index (χ0) is 27.5. The lowest BCUT2D eigenvalue weighted by atomic mass is 10.1. The van der Waals surface area contributed by atoms with Crippen LogP contribution in [0.15, 0.2) is 55.4 Å². The fourth-order valence-electron chi connectivity index (χ4n) is 3.62. The van der Waals surface area contributed by atoms with Gasteiger partial charge in [0.05, 0.1) is 18.7 Å². The van der Waals surface area contributed by atoms with Crippen molar-refractivity contribution < 1.29 is 24.3 Å². The summed E-state index contributed by atoms with van der Waals surface area (Å²) >= 11 is 4.17. The number of hydrogen-bond acceptors (Lipinski definition) is 8. The van der Waals surface area contributed by atoms with Gasteiger partial charge in [-0.15, -0.1) is 0 Å². The molecule has 4 unspecified atom stereocenters. The van der Waals surface area contributed by atoms with Crippen molar-refractivity contribution in [3.05, 3.63) is 72.3 Å². The molecule has 0 spiro atoms. The number of carbonyl (C=O) groups excluding carboxylic acids is 3. The molecule has 8 N–H and O–H groups in total. The molecule has 0 aliphatic rings. The number of nitrogens with two attached hydrogens (primary N) is 1. The van der Waals surface area contributed by atoms with E-state index < -0.39 is 47.9 Å². The van der Waals surface area contributed by atoms with Crippen LogP contribution in [0.1, 0.15) is 17.0 Å². The number of hydrogen-bond donors (Lipinski definition) is 8. The van der Waals surface area contributed by atoms with E-state index in [2.05, 4.69) is 48.5 Å². The molecule has 0 radical (unpaired) electrons. The summed E-state index contributed by atoms with van der Waals surface area (Å²) in [4.78, 5) is 64.0. The fourth-order valence-corrected chi connectivity index (χ4v) is 3.88. The van der Waals surface area contributed by atoms with Crippen molar-refractivity contribution in [2.75, 3.05) is 5.75 Å². The van der Waals surface area contributed by atoms with Gasteiger partial charge in [0.15, 0.2) is 0 Å². The van der Waals surface area contributed by atoms with Crippen LogP contribution in [-0.4, -0.2) is 78.7 Å². The molecular formula is C24H30N8O5S. The van der Waals surface area contributed by atoms with Gasteiger partial charge in [-0.05, 0) is 12.0 Å². The number of carboxylic acid groups (broad SMARTS) is 1. The minimum absolute atomic E-state index is 0.00523. The molecule has 3 amide bonds. The van der Waals surface area contributed by atoms with Gasteiger partial charge in [0, 0.05) is 42.4 Å². The van der Waals surface area contributed by atoms with Crippen LogP contribution in [0.25, 0.3) is 0 Å². The van der Waals surface area contributed by atoms with Crippen LogP contribution < -0.4 is 21.7 Å². The van der Waals surface area contributed by atoms with Crippen LogP contribution in [-0.2, 0) is 38.4 Å². The van der Waals surface area contributed by atoms with E-state index in [-0.39, 0.29) is 25.0 Å². The predicted octanol–water partition coefficient (Wildman–Crippen LogP) is -1.04. The molecule has 0 saturated heterocycles. The monoisotopic (exact) mass is 542 g/mol. The molecule has 38 heavy (non-hydrogen) atoms. The third-order valence-corrected chi connectivity index (χ3v) is 6.02. The molecule has 4 atom stereocenters. The molecule has 0 fully saturated rings. The number of thiol groups is 1. The van der Waals surface area contributed by atoms with Crippen molar-refractivity contribution in [1.82, 2.24) is 35.9 Å². The Bertz CT molecular complexity index is 1190. The maximum absolute atomic E-state index is 13.1. The van der Waals surface area contributed by atoms with Gasteiger partial charge >= 0.3 is 5.97 Å². The maximum atomic E-state index is 13.1. The Kier molecular flexibility index (Phi) is 10.4. The number of carboxylic acids is 1. The third kappa shape index (κ3) is 8.45. The largest absolute Gasteiger partial charge is 0.480 e. The summed E-state index contributed by atoms with van der Waals surface area (Å²) < 4.78 is 0. The number of benzene rings is 1. The van der Waals surface area contributed by atoms with Gasteiger partial charge in [0.25, 0.3) is 0 Å². The van der Waals surface area contributed by atoms with E-state index in [0.29, 0.717) is 11.4 Å². The summed E-state index contributed by atoms with van der Waals surface area (Å²) in [5.74, 6) is -3.29. The van der Waals surface area contributed by atoms with Gasteiger partial charge in [-0.3, -0.25) is 14.4 Å². The van der Waals surface area contributed by atoms with Gasteiger partial charge in [-0.1, -0.05) is 30.3 Å². The van der Waals surface area contributed by atoms with Gasteiger partial charge in [0.1, 0.15) is 18.1 Å². The normalized spacial score (nSPS) is 14.1. The average molecular weight is 543 g/mol. The molecule has 14 heteroatoms. The maximum Gasteiger partial charge on any atom is 0.326 e. The van der Waals surface area contributed by atoms with Crippen LogP contribution in [0.5, 0.6) is 0 Å². The summed E-state index contributed by atoms with van der Waals surface area (Å²) in [6.07, 6.45) is 5.96. The summed E-state index contributed by atoms with van der Waals surface area (Å²) in [7, 11) is 0. The van der Waals surface area contributed by atoms with E-state index in [0.717, 1.165) is 5.56 Å². The lowest BCUT2D eigenvalue weighted by Gasteiger charge is -2.24. The number of amides is 3. The van der Waals surface area contributed by atoms with Crippen LogP contribution in [0, 0.1) is 0 Å². The molecule has 2 aromatic heterocycles. The van der Waals surface area contributed by atoms with Crippen molar-refractivity contribution in [2.45, 2.75) is 43.4 Å². The topological polar surface area (TPSA) is 208 Å². The number of rotatable bonds is 14. The second-order valence-corrected chi connectivity index (χ2v) is 8.93. The minimum Gasteiger partial charge on any atom is -0.480 e. The number of aromatic nitrogens is 4. The molecule has 0 aliphatic heterocycles. The van der Waals surface area contributed by atoms with Crippen molar-refractivity contribution in [1.29, 1.82) is 0 Å². The molecule has 3 rings (SSSR count). The number of H-pyrrole nitrogens is 2. The molecule has 0 saturated carbocycles. The Labute approximate surface area is 223 Å². The number of aliphatic carboxylic acids is 1. The first-order valence-corrected chi connectivity index (χ1v) is 12.4. The van der Waals surface area contributed by atoms with Crippen LogP contribution in [0.2, 0.25) is 0 Å². The van der Waals surface area contributed by atoms with E-state index >= 15 is 0 Å². The molecule has 2 heterocycles. The summed E-state index contributed by atoms with van der Waals surface area (Å²) in [6, 6.07) is 4.74. The lowest BCUT2D eigenvalue weighted by molar-refractivity contribution is -0.142. The summed E-state index contributed by atoms with van der Waals surface area (Å²) in [6.45, 7) is 0. The zero-order valence-corrected chi connectivity index (χ0v) is 21.2. The number of nitrogens with zero attached hydrogens (tertiary/aromatic N) is 2. The Hall–Kier alpha value is -4.17. The molecule has 0 bridgehead atoms. The van der Waals surface area contributed by atoms with Crippen molar-refractivity contribution in [3.8, 4) is 0 Å². The van der Waals surface area contributed by atoms with Crippen LogP contribution in [0.4, 0.5) is 0 Å². The predicted molar refractivity (Wildman–Crippen MR) is 140 cm³/mol. The van der Waals surface area contributed by atoms with Crippen molar-refractivity contribution >= 4 is 36.3 Å². The summed E-state index contributed by atoms with van der Waals surface area (Å²) in [5, 5.41) is 17.2. The van der Waals surface area contributed by atoms with Gasteiger partial charge < -0.3 is 36.8 Å². The Balaban J connectivity index is 1.66. The second kappa shape index (κ2) is 13.9. The van der Waals surface area contributed by atoms with Crippen molar-refractivity contribution in [2.24, 2.45) is 5.73 Å². The SMILES string of the molecule is NC(Cc1ccccc1)C(=O)NC(CS)C(=O)NC(Cc1cnc[nH]1)C(=O)NC(Cc1cnc[nH]1)C(=O)O. The Morgan fingerprint density at radius 2 is 1.34 bits per heavy atom. The first kappa shape index (κ1) is 28.4. The van der Waals surface area contributed by atoms with E-state index in [1.54, 1.807) is 0 Å². The van der Waals surface area contributed by atoms with Crippen LogP contribution in [0.3, 0.4) is 0 Å². The number of nitrogens with one attached hydrogen (secondary N) is 5. The third-order valence-electron chi connectivity index (χ3n) is 5.66. The highest BCUT2D eigenvalue weighted by Crippen LogP contribution is 2.05. The number of aromatic amines is 2. The minimum atomic E-state index is -1.28. The molecular weight excluding hydrogens is 512 g/mol. The average Bonchev–Trinajstić information content (AvgIpc) is 3.61. The van der Waals surface area contributed by atoms with Gasteiger partial charge in [0.2, 0.25) is 17.7 Å². The number of carbonyl (C=O) groups is 4. The Morgan fingerprint density at radius 1 is 0.816 bits per heavy atom. The Morgan fingerprint density at radius 3 is 1.87 bits per heavy atom. The van der Waals surface area contributed by atoms with E-state index in [1.807, 2.05) is 30.3 Å². The first-order chi connectivity index (χ1) is 18.3. The zero-order valence-electron chi connectivity index (χ0n) is 20.3. The second-order valence-electron chi connectivity index (χ2n) is 8.56. The molecule has 202 valence electrons. The molecule has 1 aromatic carbocycles. The molecule has 13 nitrogen and oxygen atoms in total. The highest BCUT2D eigenvalue weighted by molar-refractivity contribution is 7.80. The van der Waals surface area contributed by atoms with E-state index in [9.17, 15) is 24.3 Å². The quantitative estimate of drug-likeness (QED) is 0.118. The van der Waals surface area contributed by atoms with Gasteiger partial charge in [-0.25, -0.2) is 14.8 Å². The summed E-state index contributed by atoms with van der Waals surface area (Å²) in [5.41, 5.74) is 7.93.